The van der Waals surface area contributed by atoms with Gasteiger partial charge in [0.1, 0.15) is 0 Å². The van der Waals surface area contributed by atoms with Crippen molar-refractivity contribution in [2.75, 3.05) is 0 Å². The van der Waals surface area contributed by atoms with Crippen molar-refractivity contribution in [1.29, 1.82) is 0 Å². The molecule has 1 rings (SSSR count). The van der Waals surface area contributed by atoms with E-state index < -0.39 is 5.97 Å². The van der Waals surface area contributed by atoms with E-state index in [1.54, 1.807) is 0 Å². The molecule has 1 aliphatic rings. The summed E-state index contributed by atoms with van der Waals surface area (Å²) in [5.74, 6) is -0.717. The molecule has 0 aromatic rings. The highest BCUT2D eigenvalue weighted by molar-refractivity contribution is 5.67. The molecule has 0 aromatic carbocycles. The van der Waals surface area contributed by atoms with Crippen LogP contribution >= 0.6 is 0 Å². The second-order valence-electron chi connectivity index (χ2n) is 4.13. The Kier molecular flexibility index (Phi) is 3.31. The summed E-state index contributed by atoms with van der Waals surface area (Å²) in [6, 6.07) is 0.0951. The molecule has 0 bridgehead atoms. The fourth-order valence-corrected chi connectivity index (χ4v) is 2.04. The third kappa shape index (κ3) is 2.69. The average molecular weight is 185 g/mol. The number of carboxylic acids is 1. The van der Waals surface area contributed by atoms with Gasteiger partial charge in [0, 0.05) is 11.6 Å². The van der Waals surface area contributed by atoms with Crippen LogP contribution < -0.4 is 5.32 Å². The lowest BCUT2D eigenvalue weighted by Gasteiger charge is -2.44. The summed E-state index contributed by atoms with van der Waals surface area (Å²) in [5, 5.41) is 12.0. The molecule has 0 radical (unpaired) electrons. The highest BCUT2D eigenvalue weighted by Gasteiger charge is 2.35. The maximum atomic E-state index is 10.5. The second-order valence-corrected chi connectivity index (χ2v) is 4.13. The SMILES string of the molecule is CCC1(NC(C)CC(=O)O)CCC1. The Labute approximate surface area is 79.5 Å². The quantitative estimate of drug-likeness (QED) is 0.686. The van der Waals surface area contributed by atoms with Crippen LogP contribution in [0, 0.1) is 0 Å². The van der Waals surface area contributed by atoms with Crippen molar-refractivity contribution < 1.29 is 9.90 Å². The fourth-order valence-electron chi connectivity index (χ4n) is 2.04. The van der Waals surface area contributed by atoms with E-state index in [1.807, 2.05) is 6.92 Å². The van der Waals surface area contributed by atoms with Crippen LogP contribution in [-0.4, -0.2) is 22.7 Å². The lowest BCUT2D eigenvalue weighted by Crippen LogP contribution is -2.54. The summed E-state index contributed by atoms with van der Waals surface area (Å²) in [5.41, 5.74) is 0.259. The minimum Gasteiger partial charge on any atom is -0.481 e. The Balaban J connectivity index is 2.33. The second kappa shape index (κ2) is 4.09. The Hall–Kier alpha value is -0.570. The summed E-state index contributed by atoms with van der Waals surface area (Å²) in [7, 11) is 0. The number of aliphatic carboxylic acids is 1. The van der Waals surface area contributed by atoms with E-state index in [2.05, 4.69) is 12.2 Å². The standard InChI is InChI=1S/C10H19NO2/c1-3-10(5-4-6-10)11-8(2)7-9(12)13/h8,11H,3-7H2,1-2H3,(H,12,13). The molecule has 0 heterocycles. The molecule has 0 aromatic heterocycles. The highest BCUT2D eigenvalue weighted by Crippen LogP contribution is 2.35. The zero-order valence-electron chi connectivity index (χ0n) is 8.47. The van der Waals surface area contributed by atoms with Crippen LogP contribution in [0.15, 0.2) is 0 Å². The molecule has 76 valence electrons. The van der Waals surface area contributed by atoms with E-state index in [0.717, 1.165) is 6.42 Å². The van der Waals surface area contributed by atoms with Gasteiger partial charge >= 0.3 is 5.97 Å². The summed E-state index contributed by atoms with van der Waals surface area (Å²) in [6.07, 6.45) is 5.01. The molecule has 3 nitrogen and oxygen atoms in total. The van der Waals surface area contributed by atoms with Crippen molar-refractivity contribution >= 4 is 5.97 Å². The Morgan fingerprint density at radius 1 is 1.62 bits per heavy atom. The predicted octanol–water partition coefficient (Wildman–Crippen LogP) is 1.77. The first kappa shape index (κ1) is 10.5. The molecular formula is C10H19NO2. The molecule has 0 aliphatic heterocycles. The average Bonchev–Trinajstić information content (AvgIpc) is 1.95. The van der Waals surface area contributed by atoms with Crippen LogP contribution in [-0.2, 0) is 4.79 Å². The molecule has 1 unspecified atom stereocenters. The van der Waals surface area contributed by atoms with Gasteiger partial charge in [-0.05, 0) is 32.6 Å². The molecular weight excluding hydrogens is 166 g/mol. The molecule has 13 heavy (non-hydrogen) atoms. The maximum Gasteiger partial charge on any atom is 0.304 e. The van der Waals surface area contributed by atoms with Crippen molar-refractivity contribution in [2.24, 2.45) is 0 Å². The van der Waals surface area contributed by atoms with Crippen molar-refractivity contribution in [2.45, 2.75) is 57.5 Å². The van der Waals surface area contributed by atoms with Crippen molar-refractivity contribution in [3.63, 3.8) is 0 Å². The summed E-state index contributed by atoms with van der Waals surface area (Å²) in [6.45, 7) is 4.11. The van der Waals surface area contributed by atoms with Gasteiger partial charge in [-0.25, -0.2) is 0 Å². The maximum absolute atomic E-state index is 10.5. The number of hydrogen-bond donors (Lipinski definition) is 2. The molecule has 3 heteroatoms. The third-order valence-electron chi connectivity index (χ3n) is 3.02. The summed E-state index contributed by atoms with van der Waals surface area (Å²) in [4.78, 5) is 10.5. The van der Waals surface area contributed by atoms with Crippen LogP contribution in [0.3, 0.4) is 0 Å². The number of hydrogen-bond acceptors (Lipinski definition) is 2. The molecule has 0 spiro atoms. The Morgan fingerprint density at radius 2 is 2.23 bits per heavy atom. The van der Waals surface area contributed by atoms with E-state index in [4.69, 9.17) is 5.11 Å². The van der Waals surface area contributed by atoms with Gasteiger partial charge in [-0.2, -0.15) is 0 Å². The van der Waals surface area contributed by atoms with Crippen LogP contribution in [0.2, 0.25) is 0 Å². The first-order valence-corrected chi connectivity index (χ1v) is 5.07. The lowest BCUT2D eigenvalue weighted by atomic mass is 9.74. The van der Waals surface area contributed by atoms with E-state index in [0.29, 0.717) is 0 Å². The van der Waals surface area contributed by atoms with Gasteiger partial charge in [0.2, 0.25) is 0 Å². The Bertz CT molecular complexity index is 182. The van der Waals surface area contributed by atoms with Crippen LogP contribution in [0.25, 0.3) is 0 Å². The van der Waals surface area contributed by atoms with Gasteiger partial charge in [-0.1, -0.05) is 6.92 Å². The summed E-state index contributed by atoms with van der Waals surface area (Å²) < 4.78 is 0. The largest absolute Gasteiger partial charge is 0.481 e. The van der Waals surface area contributed by atoms with Gasteiger partial charge in [0.15, 0.2) is 0 Å². The lowest BCUT2D eigenvalue weighted by molar-refractivity contribution is -0.137. The number of rotatable bonds is 5. The van der Waals surface area contributed by atoms with E-state index in [1.165, 1.54) is 19.3 Å². The van der Waals surface area contributed by atoms with Crippen molar-refractivity contribution in [1.82, 2.24) is 5.32 Å². The van der Waals surface area contributed by atoms with Crippen LogP contribution in [0.4, 0.5) is 0 Å². The van der Waals surface area contributed by atoms with Crippen LogP contribution in [0.1, 0.15) is 46.0 Å². The molecule has 1 atom stereocenters. The minimum atomic E-state index is -0.717. The zero-order valence-corrected chi connectivity index (χ0v) is 8.47. The topological polar surface area (TPSA) is 49.3 Å². The van der Waals surface area contributed by atoms with Crippen molar-refractivity contribution in [3.05, 3.63) is 0 Å². The molecule has 0 amide bonds. The molecule has 2 N–H and O–H groups in total. The van der Waals surface area contributed by atoms with Crippen molar-refractivity contribution in [3.8, 4) is 0 Å². The fraction of sp³-hybridized carbons (Fsp3) is 0.900. The number of carboxylic acid groups (broad SMARTS) is 1. The van der Waals surface area contributed by atoms with E-state index >= 15 is 0 Å². The minimum absolute atomic E-state index is 0.0951. The van der Waals surface area contributed by atoms with Gasteiger partial charge < -0.3 is 10.4 Å². The molecule has 1 saturated carbocycles. The van der Waals surface area contributed by atoms with Gasteiger partial charge in [0.05, 0.1) is 6.42 Å². The van der Waals surface area contributed by atoms with Gasteiger partial charge in [0.25, 0.3) is 0 Å². The van der Waals surface area contributed by atoms with E-state index in [9.17, 15) is 4.79 Å². The van der Waals surface area contributed by atoms with E-state index in [-0.39, 0.29) is 18.0 Å². The predicted molar refractivity (Wildman–Crippen MR) is 51.7 cm³/mol. The van der Waals surface area contributed by atoms with Crippen LogP contribution in [0.5, 0.6) is 0 Å². The smallest absolute Gasteiger partial charge is 0.304 e. The van der Waals surface area contributed by atoms with Gasteiger partial charge in [-0.15, -0.1) is 0 Å². The third-order valence-corrected chi connectivity index (χ3v) is 3.02. The molecule has 1 fully saturated rings. The first-order chi connectivity index (χ1) is 6.08. The number of carbonyl (C=O) groups is 1. The highest BCUT2D eigenvalue weighted by atomic mass is 16.4. The zero-order chi connectivity index (χ0) is 9.90. The Morgan fingerprint density at radius 3 is 2.54 bits per heavy atom. The monoisotopic (exact) mass is 185 g/mol. The first-order valence-electron chi connectivity index (χ1n) is 5.07. The van der Waals surface area contributed by atoms with Gasteiger partial charge in [-0.3, -0.25) is 4.79 Å². The number of nitrogens with one attached hydrogen (secondary N) is 1. The normalized spacial score (nSPS) is 22.0. The molecule has 1 aliphatic carbocycles. The summed E-state index contributed by atoms with van der Waals surface area (Å²) >= 11 is 0. The molecule has 0 saturated heterocycles.